The van der Waals surface area contributed by atoms with Crippen molar-refractivity contribution in [3.63, 3.8) is 0 Å². The minimum absolute atomic E-state index is 0.350. The molecule has 3 nitrogen and oxygen atoms in total. The Hall–Kier alpha value is -1.13. The van der Waals surface area contributed by atoms with Gasteiger partial charge >= 0.3 is 0 Å². The maximum Gasteiger partial charge on any atom is 0.163 e. The molecule has 2 aromatic carbocycles. The van der Waals surface area contributed by atoms with E-state index in [-0.39, 0.29) is 0 Å². The predicted molar refractivity (Wildman–Crippen MR) is 98.7 cm³/mol. The van der Waals surface area contributed by atoms with Crippen LogP contribution in [0.3, 0.4) is 0 Å². The number of halogens is 3. The molecule has 0 atom stereocenters. The van der Waals surface area contributed by atoms with E-state index in [1.165, 1.54) is 12.8 Å². The topological polar surface area (TPSA) is 30.5 Å². The van der Waals surface area contributed by atoms with Gasteiger partial charge in [0, 0.05) is 23.7 Å². The van der Waals surface area contributed by atoms with E-state index in [2.05, 4.69) is 5.32 Å². The molecule has 1 aliphatic rings. The van der Waals surface area contributed by atoms with Gasteiger partial charge in [0.2, 0.25) is 0 Å². The molecule has 0 radical (unpaired) electrons. The van der Waals surface area contributed by atoms with Crippen LogP contribution in [-0.4, -0.2) is 13.2 Å². The van der Waals surface area contributed by atoms with Crippen molar-refractivity contribution in [1.29, 1.82) is 0 Å². The fourth-order valence-corrected chi connectivity index (χ4v) is 2.86. The van der Waals surface area contributed by atoms with Crippen molar-refractivity contribution >= 4 is 34.8 Å². The van der Waals surface area contributed by atoms with E-state index in [9.17, 15) is 0 Å². The summed E-state index contributed by atoms with van der Waals surface area (Å²) in [6.07, 6.45) is 2.47. The molecule has 2 aromatic rings. The molecular weight excluding hydrogens is 369 g/mol. The normalized spacial score (nSPS) is 13.8. The van der Waals surface area contributed by atoms with E-state index in [0.29, 0.717) is 39.2 Å². The predicted octanol–water partition coefficient (Wildman–Crippen LogP) is 5.49. The lowest BCUT2D eigenvalue weighted by Gasteiger charge is -2.14. The summed E-state index contributed by atoms with van der Waals surface area (Å²) in [5, 5.41) is 5.13. The van der Waals surface area contributed by atoms with Crippen molar-refractivity contribution < 1.29 is 9.47 Å². The van der Waals surface area contributed by atoms with E-state index in [0.717, 1.165) is 17.7 Å². The summed E-state index contributed by atoms with van der Waals surface area (Å²) in [7, 11) is 1.62. The molecule has 0 heterocycles. The Labute approximate surface area is 156 Å². The van der Waals surface area contributed by atoms with Crippen LogP contribution in [0.4, 0.5) is 0 Å². The first-order valence-electron chi connectivity index (χ1n) is 7.73. The first-order chi connectivity index (χ1) is 11.6. The highest BCUT2D eigenvalue weighted by Crippen LogP contribution is 2.34. The smallest absolute Gasteiger partial charge is 0.163 e. The molecule has 1 aliphatic carbocycles. The summed E-state index contributed by atoms with van der Waals surface area (Å²) < 4.78 is 11.3. The number of rotatable bonds is 7. The van der Waals surface area contributed by atoms with Crippen LogP contribution >= 0.6 is 34.8 Å². The first-order valence-corrected chi connectivity index (χ1v) is 8.86. The molecule has 0 unspecified atom stereocenters. The summed E-state index contributed by atoms with van der Waals surface area (Å²) in [4.78, 5) is 0. The standard InChI is InChI=1S/C18H18Cl3NO2/c1-23-17-7-12(9-22-13-3-4-13)15(20)8-18(17)24-10-11-2-5-14(19)16(21)6-11/h2,5-8,13,22H,3-4,9-10H2,1H3. The van der Waals surface area contributed by atoms with E-state index >= 15 is 0 Å². The van der Waals surface area contributed by atoms with E-state index in [1.807, 2.05) is 12.1 Å². The lowest BCUT2D eigenvalue weighted by atomic mass is 10.2. The maximum atomic E-state index is 6.38. The van der Waals surface area contributed by atoms with Gasteiger partial charge in [0.05, 0.1) is 17.2 Å². The van der Waals surface area contributed by atoms with Crippen LogP contribution < -0.4 is 14.8 Å². The second-order valence-corrected chi connectivity index (χ2v) is 7.01. The van der Waals surface area contributed by atoms with E-state index in [4.69, 9.17) is 44.3 Å². The van der Waals surface area contributed by atoms with Crippen LogP contribution in [0.15, 0.2) is 30.3 Å². The van der Waals surface area contributed by atoms with Crippen molar-refractivity contribution in [3.05, 3.63) is 56.5 Å². The zero-order valence-corrected chi connectivity index (χ0v) is 15.5. The van der Waals surface area contributed by atoms with Gasteiger partial charge < -0.3 is 14.8 Å². The summed E-state index contributed by atoms with van der Waals surface area (Å²) in [5.41, 5.74) is 1.92. The minimum atomic E-state index is 0.350. The second kappa shape index (κ2) is 7.83. The quantitative estimate of drug-likeness (QED) is 0.683. The average Bonchev–Trinajstić information content (AvgIpc) is 3.39. The molecule has 0 spiro atoms. The zero-order valence-electron chi connectivity index (χ0n) is 13.2. The van der Waals surface area contributed by atoms with E-state index < -0.39 is 0 Å². The Morgan fingerprint density at radius 2 is 1.79 bits per heavy atom. The second-order valence-electron chi connectivity index (χ2n) is 5.79. The molecule has 3 rings (SSSR count). The van der Waals surface area contributed by atoms with Crippen molar-refractivity contribution in [2.45, 2.75) is 32.0 Å². The van der Waals surface area contributed by atoms with Crippen LogP contribution in [-0.2, 0) is 13.2 Å². The maximum absolute atomic E-state index is 6.38. The SMILES string of the molecule is COc1cc(CNC2CC2)c(Cl)cc1OCc1ccc(Cl)c(Cl)c1. The lowest BCUT2D eigenvalue weighted by Crippen LogP contribution is -2.15. The molecular formula is C18H18Cl3NO2. The Morgan fingerprint density at radius 3 is 2.46 bits per heavy atom. The van der Waals surface area contributed by atoms with Crippen LogP contribution in [0.1, 0.15) is 24.0 Å². The highest BCUT2D eigenvalue weighted by molar-refractivity contribution is 6.42. The highest BCUT2D eigenvalue weighted by Gasteiger charge is 2.21. The summed E-state index contributed by atoms with van der Waals surface area (Å²) >= 11 is 18.3. The third kappa shape index (κ3) is 4.48. The van der Waals surface area contributed by atoms with Gasteiger partial charge in [-0.3, -0.25) is 0 Å². The minimum Gasteiger partial charge on any atom is -0.493 e. The van der Waals surface area contributed by atoms with Crippen LogP contribution in [0.2, 0.25) is 15.1 Å². The molecule has 0 aromatic heterocycles. The van der Waals surface area contributed by atoms with Crippen molar-refractivity contribution in [2.24, 2.45) is 0 Å². The van der Waals surface area contributed by atoms with Crippen molar-refractivity contribution in [1.82, 2.24) is 5.32 Å². The molecule has 24 heavy (non-hydrogen) atoms. The number of hydrogen-bond donors (Lipinski definition) is 1. The van der Waals surface area contributed by atoms with Crippen LogP contribution in [0, 0.1) is 0 Å². The van der Waals surface area contributed by atoms with Crippen molar-refractivity contribution in [2.75, 3.05) is 7.11 Å². The molecule has 1 fully saturated rings. The highest BCUT2D eigenvalue weighted by atomic mass is 35.5. The number of ether oxygens (including phenoxy) is 2. The molecule has 0 bridgehead atoms. The fraction of sp³-hybridized carbons (Fsp3) is 0.333. The monoisotopic (exact) mass is 385 g/mol. The van der Waals surface area contributed by atoms with Gasteiger partial charge in [-0.1, -0.05) is 40.9 Å². The number of hydrogen-bond acceptors (Lipinski definition) is 3. The van der Waals surface area contributed by atoms with Gasteiger partial charge in [-0.05, 0) is 42.2 Å². The van der Waals surface area contributed by atoms with Gasteiger partial charge in [0.25, 0.3) is 0 Å². The van der Waals surface area contributed by atoms with E-state index in [1.54, 1.807) is 25.3 Å². The Bertz CT molecular complexity index is 732. The molecule has 1 N–H and O–H groups in total. The summed E-state index contributed by atoms with van der Waals surface area (Å²) in [6, 6.07) is 9.74. The Kier molecular flexibility index (Phi) is 5.77. The van der Waals surface area contributed by atoms with Gasteiger partial charge in [-0.15, -0.1) is 0 Å². The molecule has 0 saturated heterocycles. The summed E-state index contributed by atoms with van der Waals surface area (Å²) in [5.74, 6) is 1.26. The first kappa shape index (κ1) is 17.7. The van der Waals surface area contributed by atoms with Gasteiger partial charge in [0.1, 0.15) is 6.61 Å². The molecule has 6 heteroatoms. The Balaban J connectivity index is 1.71. The fourth-order valence-electron chi connectivity index (χ4n) is 2.32. The largest absolute Gasteiger partial charge is 0.493 e. The number of benzene rings is 2. The van der Waals surface area contributed by atoms with Gasteiger partial charge in [0.15, 0.2) is 11.5 Å². The Morgan fingerprint density at radius 1 is 1.00 bits per heavy atom. The average molecular weight is 387 g/mol. The third-order valence-corrected chi connectivity index (χ3v) is 4.96. The van der Waals surface area contributed by atoms with Gasteiger partial charge in [-0.2, -0.15) is 0 Å². The third-order valence-electron chi connectivity index (χ3n) is 3.87. The molecule has 1 saturated carbocycles. The number of nitrogens with one attached hydrogen (secondary N) is 1. The lowest BCUT2D eigenvalue weighted by molar-refractivity contribution is 0.284. The zero-order chi connectivity index (χ0) is 17.1. The molecule has 128 valence electrons. The summed E-state index contributed by atoms with van der Waals surface area (Å²) in [6.45, 7) is 1.08. The van der Waals surface area contributed by atoms with Crippen molar-refractivity contribution in [3.8, 4) is 11.5 Å². The van der Waals surface area contributed by atoms with Gasteiger partial charge in [-0.25, -0.2) is 0 Å². The van der Waals surface area contributed by atoms with Crippen LogP contribution in [0.25, 0.3) is 0 Å². The molecule has 0 aliphatic heterocycles. The van der Waals surface area contributed by atoms with Crippen LogP contribution in [0.5, 0.6) is 11.5 Å². The molecule has 0 amide bonds. The number of methoxy groups -OCH3 is 1.